The van der Waals surface area contributed by atoms with Crippen LogP contribution in [0.2, 0.25) is 0 Å². The molecule has 0 aromatic heterocycles. The summed E-state index contributed by atoms with van der Waals surface area (Å²) < 4.78 is 0. The summed E-state index contributed by atoms with van der Waals surface area (Å²) in [6.45, 7) is 2.31. The molecule has 1 heterocycles. The van der Waals surface area contributed by atoms with Crippen molar-refractivity contribution >= 4 is 17.4 Å². The van der Waals surface area contributed by atoms with E-state index < -0.39 is 0 Å². The third kappa shape index (κ3) is 1.91. The van der Waals surface area contributed by atoms with Crippen LogP contribution in [0.25, 0.3) is 0 Å². The van der Waals surface area contributed by atoms with Crippen molar-refractivity contribution in [3.63, 3.8) is 0 Å². The molecule has 0 aliphatic carbocycles. The van der Waals surface area contributed by atoms with Gasteiger partial charge >= 0.3 is 0 Å². The Kier molecular flexibility index (Phi) is 2.54. The Balaban J connectivity index is 2.22. The number of Topliss-reactive ketones (excluding diaryl/α,β-unsaturated/α-hetero) is 1. The van der Waals surface area contributed by atoms with E-state index in [1.165, 1.54) is 5.56 Å². The van der Waals surface area contributed by atoms with Gasteiger partial charge in [-0.3, -0.25) is 9.59 Å². The van der Waals surface area contributed by atoms with Crippen molar-refractivity contribution in [2.75, 3.05) is 11.4 Å². The number of hydrogen-bond acceptors (Lipinski definition) is 2. The SMILES string of the molecule is CCc1ccc(N2CC(=O)CC2=O)cc1. The first-order valence-electron chi connectivity index (χ1n) is 5.11. The van der Waals surface area contributed by atoms with E-state index in [0.29, 0.717) is 0 Å². The Morgan fingerprint density at radius 1 is 1.20 bits per heavy atom. The van der Waals surface area contributed by atoms with E-state index in [-0.39, 0.29) is 24.7 Å². The van der Waals surface area contributed by atoms with Gasteiger partial charge in [0.1, 0.15) is 0 Å². The van der Waals surface area contributed by atoms with Gasteiger partial charge in [0.05, 0.1) is 13.0 Å². The monoisotopic (exact) mass is 203 g/mol. The van der Waals surface area contributed by atoms with E-state index >= 15 is 0 Å². The molecule has 0 atom stereocenters. The standard InChI is InChI=1S/C12H13NO2/c1-2-9-3-5-10(6-4-9)13-8-11(14)7-12(13)15/h3-6H,2,7-8H2,1H3. The van der Waals surface area contributed by atoms with Gasteiger partial charge in [0.25, 0.3) is 0 Å². The summed E-state index contributed by atoms with van der Waals surface area (Å²) in [5, 5.41) is 0. The molecule has 0 unspecified atom stereocenters. The lowest BCUT2D eigenvalue weighted by Gasteiger charge is -2.14. The maximum atomic E-state index is 11.4. The lowest BCUT2D eigenvalue weighted by Crippen LogP contribution is -2.24. The molecular formula is C12H13NO2. The van der Waals surface area contributed by atoms with Crippen LogP contribution >= 0.6 is 0 Å². The molecule has 3 heteroatoms. The molecule has 1 aliphatic heterocycles. The number of aryl methyl sites for hydroxylation is 1. The molecule has 2 rings (SSSR count). The van der Waals surface area contributed by atoms with Crippen LogP contribution in [0.3, 0.4) is 0 Å². The molecule has 78 valence electrons. The molecule has 15 heavy (non-hydrogen) atoms. The van der Waals surface area contributed by atoms with Crippen molar-refractivity contribution in [2.24, 2.45) is 0 Å². The van der Waals surface area contributed by atoms with Gasteiger partial charge in [0, 0.05) is 5.69 Å². The maximum absolute atomic E-state index is 11.4. The van der Waals surface area contributed by atoms with Crippen LogP contribution in [0.4, 0.5) is 5.69 Å². The molecule has 0 spiro atoms. The molecule has 1 aromatic carbocycles. The summed E-state index contributed by atoms with van der Waals surface area (Å²) in [5.74, 6) is -0.0937. The summed E-state index contributed by atoms with van der Waals surface area (Å²) in [6.07, 6.45) is 1.03. The first-order valence-corrected chi connectivity index (χ1v) is 5.11. The highest BCUT2D eigenvalue weighted by atomic mass is 16.2. The highest BCUT2D eigenvalue weighted by Crippen LogP contribution is 2.20. The van der Waals surface area contributed by atoms with E-state index in [1.54, 1.807) is 4.90 Å². The zero-order valence-electron chi connectivity index (χ0n) is 8.69. The Morgan fingerprint density at radius 3 is 2.33 bits per heavy atom. The topological polar surface area (TPSA) is 37.4 Å². The predicted octanol–water partition coefficient (Wildman–Crippen LogP) is 1.55. The third-order valence-corrected chi connectivity index (χ3v) is 2.64. The number of amides is 1. The predicted molar refractivity (Wildman–Crippen MR) is 57.8 cm³/mol. The molecular weight excluding hydrogens is 190 g/mol. The number of anilines is 1. The van der Waals surface area contributed by atoms with Gasteiger partial charge in [-0.15, -0.1) is 0 Å². The van der Waals surface area contributed by atoms with Crippen molar-refractivity contribution < 1.29 is 9.59 Å². The minimum atomic E-state index is -0.0933. The van der Waals surface area contributed by atoms with Gasteiger partial charge in [-0.1, -0.05) is 19.1 Å². The summed E-state index contributed by atoms with van der Waals surface area (Å²) >= 11 is 0. The molecule has 1 aliphatic rings. The van der Waals surface area contributed by atoms with Gasteiger partial charge in [0.15, 0.2) is 5.78 Å². The number of ketones is 1. The molecule has 0 radical (unpaired) electrons. The minimum Gasteiger partial charge on any atom is -0.305 e. The number of nitrogens with zero attached hydrogens (tertiary/aromatic N) is 1. The quantitative estimate of drug-likeness (QED) is 0.684. The zero-order valence-corrected chi connectivity index (χ0v) is 8.69. The average molecular weight is 203 g/mol. The van der Waals surface area contributed by atoms with Crippen LogP contribution in [0.5, 0.6) is 0 Å². The maximum Gasteiger partial charge on any atom is 0.234 e. The Hall–Kier alpha value is -1.64. The average Bonchev–Trinajstić information content (AvgIpc) is 2.58. The van der Waals surface area contributed by atoms with Crippen molar-refractivity contribution in [2.45, 2.75) is 19.8 Å². The number of carbonyl (C=O) groups excluding carboxylic acids is 2. The molecule has 0 N–H and O–H groups in total. The second-order valence-electron chi connectivity index (χ2n) is 3.72. The van der Waals surface area contributed by atoms with Crippen molar-refractivity contribution in [3.05, 3.63) is 29.8 Å². The van der Waals surface area contributed by atoms with Gasteiger partial charge in [-0.2, -0.15) is 0 Å². The summed E-state index contributed by atoms with van der Waals surface area (Å²) in [4.78, 5) is 24.1. The zero-order chi connectivity index (χ0) is 10.8. The smallest absolute Gasteiger partial charge is 0.234 e. The van der Waals surface area contributed by atoms with Gasteiger partial charge in [-0.25, -0.2) is 0 Å². The molecule has 1 amide bonds. The second-order valence-corrected chi connectivity index (χ2v) is 3.72. The summed E-state index contributed by atoms with van der Waals surface area (Å²) in [5.41, 5.74) is 2.06. The third-order valence-electron chi connectivity index (χ3n) is 2.64. The number of rotatable bonds is 2. The van der Waals surface area contributed by atoms with Crippen LogP contribution in [0, 0.1) is 0 Å². The fourth-order valence-electron chi connectivity index (χ4n) is 1.73. The lowest BCUT2D eigenvalue weighted by atomic mass is 10.1. The molecule has 0 saturated carbocycles. The lowest BCUT2D eigenvalue weighted by molar-refractivity contribution is -0.121. The van der Waals surface area contributed by atoms with Crippen LogP contribution in [0.15, 0.2) is 24.3 Å². The minimum absolute atomic E-state index is 0.000400. The fraction of sp³-hybridized carbons (Fsp3) is 0.333. The van der Waals surface area contributed by atoms with Gasteiger partial charge < -0.3 is 4.90 Å². The van der Waals surface area contributed by atoms with E-state index in [4.69, 9.17) is 0 Å². The number of hydrogen-bond donors (Lipinski definition) is 0. The van der Waals surface area contributed by atoms with Crippen LogP contribution in [-0.2, 0) is 16.0 Å². The first-order chi connectivity index (χ1) is 7.20. The Morgan fingerprint density at radius 2 is 1.87 bits per heavy atom. The van der Waals surface area contributed by atoms with Crippen molar-refractivity contribution in [1.29, 1.82) is 0 Å². The van der Waals surface area contributed by atoms with Gasteiger partial charge in [0.2, 0.25) is 5.91 Å². The van der Waals surface area contributed by atoms with Crippen molar-refractivity contribution in [3.8, 4) is 0 Å². The molecule has 1 aromatic rings. The molecule has 3 nitrogen and oxygen atoms in total. The van der Waals surface area contributed by atoms with Crippen molar-refractivity contribution in [1.82, 2.24) is 0 Å². The molecule has 1 saturated heterocycles. The van der Waals surface area contributed by atoms with E-state index in [2.05, 4.69) is 6.92 Å². The largest absolute Gasteiger partial charge is 0.305 e. The summed E-state index contributed by atoms with van der Waals surface area (Å²) in [6, 6.07) is 7.78. The Bertz CT molecular complexity index is 395. The van der Waals surface area contributed by atoms with Crippen LogP contribution in [0.1, 0.15) is 18.9 Å². The fourth-order valence-corrected chi connectivity index (χ4v) is 1.73. The summed E-state index contributed by atoms with van der Waals surface area (Å²) in [7, 11) is 0. The second kappa shape index (κ2) is 3.85. The number of carbonyl (C=O) groups is 2. The highest BCUT2D eigenvalue weighted by molar-refractivity contribution is 6.14. The normalized spacial score (nSPS) is 16.2. The Labute approximate surface area is 88.7 Å². The molecule has 0 bridgehead atoms. The van der Waals surface area contributed by atoms with Crippen LogP contribution in [-0.4, -0.2) is 18.2 Å². The van der Waals surface area contributed by atoms with Crippen LogP contribution < -0.4 is 4.90 Å². The van der Waals surface area contributed by atoms with Gasteiger partial charge in [-0.05, 0) is 24.1 Å². The number of benzene rings is 1. The van der Waals surface area contributed by atoms with E-state index in [9.17, 15) is 9.59 Å². The van der Waals surface area contributed by atoms with E-state index in [0.717, 1.165) is 12.1 Å². The van der Waals surface area contributed by atoms with E-state index in [1.807, 2.05) is 24.3 Å². The highest BCUT2D eigenvalue weighted by Gasteiger charge is 2.28. The first kappa shape index (κ1) is 9.90. The molecule has 1 fully saturated rings.